The minimum Gasteiger partial charge on any atom is -0.497 e. The predicted octanol–water partition coefficient (Wildman–Crippen LogP) is 4.62. The van der Waals surface area contributed by atoms with Crippen molar-refractivity contribution >= 4 is 22.9 Å². The summed E-state index contributed by atoms with van der Waals surface area (Å²) in [6.45, 7) is 0.984. The molecule has 2 nitrogen and oxygen atoms in total. The number of nitrogens with one attached hydrogen (secondary N) is 1. The second-order valence-corrected chi connectivity index (χ2v) is 7.22. The van der Waals surface area contributed by atoms with Crippen molar-refractivity contribution in [3.8, 4) is 5.75 Å². The zero-order valence-corrected chi connectivity index (χ0v) is 13.8. The van der Waals surface area contributed by atoms with Crippen molar-refractivity contribution in [1.29, 1.82) is 0 Å². The normalized spacial score (nSPS) is 17.5. The number of thiophene rings is 1. The Morgan fingerprint density at radius 2 is 2.24 bits per heavy atom. The lowest BCUT2D eigenvalue weighted by atomic mass is 9.87. The van der Waals surface area contributed by atoms with Crippen LogP contribution in [0, 0.1) is 0 Å². The second-order valence-electron chi connectivity index (χ2n) is 5.42. The van der Waals surface area contributed by atoms with Crippen LogP contribution in [0.3, 0.4) is 0 Å². The number of hydrogen-bond acceptors (Lipinski definition) is 3. The summed E-state index contributed by atoms with van der Waals surface area (Å²) in [5.74, 6) is 0.951. The van der Waals surface area contributed by atoms with Gasteiger partial charge in [0, 0.05) is 17.5 Å². The van der Waals surface area contributed by atoms with Crippen molar-refractivity contribution in [2.75, 3.05) is 13.7 Å². The molecule has 0 saturated heterocycles. The molecule has 0 saturated carbocycles. The van der Waals surface area contributed by atoms with E-state index < -0.39 is 0 Å². The highest BCUT2D eigenvalue weighted by molar-refractivity contribution is 7.16. The molecule has 0 spiro atoms. The minimum atomic E-state index is 0.444. The van der Waals surface area contributed by atoms with Gasteiger partial charge in [0.15, 0.2) is 0 Å². The summed E-state index contributed by atoms with van der Waals surface area (Å²) in [4.78, 5) is 1.34. The number of halogens is 1. The molecule has 1 N–H and O–H groups in total. The summed E-state index contributed by atoms with van der Waals surface area (Å²) in [6.07, 6.45) is 4.67. The van der Waals surface area contributed by atoms with Gasteiger partial charge in [-0.25, -0.2) is 0 Å². The van der Waals surface area contributed by atoms with Crippen molar-refractivity contribution in [2.24, 2.45) is 0 Å². The molecule has 0 aliphatic heterocycles. The lowest BCUT2D eigenvalue weighted by molar-refractivity contribution is 0.409. The summed E-state index contributed by atoms with van der Waals surface area (Å²) < 4.78 is 6.24. The van der Waals surface area contributed by atoms with Crippen LogP contribution in [0.2, 0.25) is 4.34 Å². The van der Waals surface area contributed by atoms with Crippen molar-refractivity contribution in [3.63, 3.8) is 0 Å². The van der Waals surface area contributed by atoms with Gasteiger partial charge in [0.2, 0.25) is 0 Å². The highest BCUT2D eigenvalue weighted by Crippen LogP contribution is 2.32. The maximum absolute atomic E-state index is 5.97. The minimum absolute atomic E-state index is 0.444. The maximum Gasteiger partial charge on any atom is 0.119 e. The Hall–Kier alpha value is -1.03. The standard InChI is InChI=1S/C17H20ClNOS/c1-20-13-6-5-12-3-2-4-16(15(12)11-13)19-10-9-14-7-8-17(18)21-14/h5-8,11,16,19H,2-4,9-10H2,1H3. The summed E-state index contributed by atoms with van der Waals surface area (Å²) in [5, 5.41) is 3.69. The molecule has 112 valence electrons. The van der Waals surface area contributed by atoms with Gasteiger partial charge in [-0.2, -0.15) is 0 Å². The van der Waals surface area contributed by atoms with E-state index in [1.54, 1.807) is 18.4 Å². The Balaban J connectivity index is 1.64. The molecule has 0 radical (unpaired) electrons. The van der Waals surface area contributed by atoms with Crippen LogP contribution in [0.15, 0.2) is 30.3 Å². The van der Waals surface area contributed by atoms with E-state index in [-0.39, 0.29) is 0 Å². The topological polar surface area (TPSA) is 21.3 Å². The monoisotopic (exact) mass is 321 g/mol. The van der Waals surface area contributed by atoms with Crippen LogP contribution in [-0.2, 0) is 12.8 Å². The molecule has 4 heteroatoms. The first kappa shape index (κ1) is 14.9. The van der Waals surface area contributed by atoms with Crippen LogP contribution in [0.5, 0.6) is 5.75 Å². The highest BCUT2D eigenvalue weighted by Gasteiger charge is 2.20. The summed E-state index contributed by atoms with van der Waals surface area (Å²) in [7, 11) is 1.73. The SMILES string of the molecule is COc1ccc2c(c1)C(NCCc1ccc(Cl)s1)CCC2. The lowest BCUT2D eigenvalue weighted by Crippen LogP contribution is -2.27. The molecule has 0 bridgehead atoms. The third-order valence-corrected chi connectivity index (χ3v) is 5.35. The molecule has 1 atom stereocenters. The van der Waals surface area contributed by atoms with Gasteiger partial charge in [0.1, 0.15) is 5.75 Å². The van der Waals surface area contributed by atoms with E-state index >= 15 is 0 Å². The van der Waals surface area contributed by atoms with Crippen molar-refractivity contribution in [2.45, 2.75) is 31.7 Å². The van der Waals surface area contributed by atoms with Crippen molar-refractivity contribution < 1.29 is 4.74 Å². The fourth-order valence-electron chi connectivity index (χ4n) is 2.97. The van der Waals surface area contributed by atoms with E-state index in [0.717, 1.165) is 23.1 Å². The number of fused-ring (bicyclic) bond motifs is 1. The Labute approximate surface area is 135 Å². The van der Waals surface area contributed by atoms with E-state index in [2.05, 4.69) is 29.6 Å². The number of rotatable bonds is 5. The van der Waals surface area contributed by atoms with Gasteiger partial charge in [-0.05, 0) is 61.1 Å². The molecule has 1 aromatic heterocycles. The average molecular weight is 322 g/mol. The molecule has 2 aromatic rings. The molecule has 1 unspecified atom stereocenters. The molecule has 0 amide bonds. The average Bonchev–Trinajstić information content (AvgIpc) is 2.92. The predicted molar refractivity (Wildman–Crippen MR) is 89.7 cm³/mol. The molecular weight excluding hydrogens is 302 g/mol. The van der Waals surface area contributed by atoms with Gasteiger partial charge in [-0.15, -0.1) is 11.3 Å². The first-order valence-electron chi connectivity index (χ1n) is 7.40. The molecule has 1 aliphatic rings. The van der Waals surface area contributed by atoms with Gasteiger partial charge in [0.05, 0.1) is 11.4 Å². The van der Waals surface area contributed by atoms with Gasteiger partial charge < -0.3 is 10.1 Å². The van der Waals surface area contributed by atoms with Gasteiger partial charge >= 0.3 is 0 Å². The molecular formula is C17H20ClNOS. The third-order valence-electron chi connectivity index (χ3n) is 4.06. The van der Waals surface area contributed by atoms with E-state index in [9.17, 15) is 0 Å². The van der Waals surface area contributed by atoms with Crippen molar-refractivity contribution in [3.05, 3.63) is 50.7 Å². The van der Waals surface area contributed by atoms with E-state index in [4.69, 9.17) is 16.3 Å². The van der Waals surface area contributed by atoms with Crippen LogP contribution < -0.4 is 10.1 Å². The van der Waals surface area contributed by atoms with E-state index in [1.165, 1.54) is 35.3 Å². The van der Waals surface area contributed by atoms with Crippen LogP contribution in [0.25, 0.3) is 0 Å². The number of methoxy groups -OCH3 is 1. The quantitative estimate of drug-likeness (QED) is 0.867. The zero-order chi connectivity index (χ0) is 14.7. The molecule has 1 heterocycles. The number of ether oxygens (including phenoxy) is 1. The highest BCUT2D eigenvalue weighted by atomic mass is 35.5. The van der Waals surface area contributed by atoms with Crippen LogP contribution in [0.1, 0.15) is 34.9 Å². The smallest absolute Gasteiger partial charge is 0.119 e. The van der Waals surface area contributed by atoms with Crippen LogP contribution >= 0.6 is 22.9 Å². The lowest BCUT2D eigenvalue weighted by Gasteiger charge is -2.27. The van der Waals surface area contributed by atoms with Crippen LogP contribution in [-0.4, -0.2) is 13.7 Å². The molecule has 1 aromatic carbocycles. The van der Waals surface area contributed by atoms with E-state index in [0.29, 0.717) is 6.04 Å². The summed E-state index contributed by atoms with van der Waals surface area (Å²) in [6, 6.07) is 11.0. The molecule has 21 heavy (non-hydrogen) atoms. The third kappa shape index (κ3) is 3.60. The zero-order valence-electron chi connectivity index (χ0n) is 12.2. The largest absolute Gasteiger partial charge is 0.497 e. The summed E-state index contributed by atoms with van der Waals surface area (Å²) >= 11 is 7.64. The molecule has 1 aliphatic carbocycles. The summed E-state index contributed by atoms with van der Waals surface area (Å²) in [5.41, 5.74) is 2.86. The fraction of sp³-hybridized carbons (Fsp3) is 0.412. The van der Waals surface area contributed by atoms with Crippen LogP contribution in [0.4, 0.5) is 0 Å². The Morgan fingerprint density at radius 3 is 3.00 bits per heavy atom. The van der Waals surface area contributed by atoms with Gasteiger partial charge in [0.25, 0.3) is 0 Å². The van der Waals surface area contributed by atoms with Gasteiger partial charge in [-0.1, -0.05) is 17.7 Å². The number of benzene rings is 1. The van der Waals surface area contributed by atoms with Crippen molar-refractivity contribution in [1.82, 2.24) is 5.32 Å². The number of aryl methyl sites for hydroxylation is 1. The maximum atomic E-state index is 5.97. The first-order chi connectivity index (χ1) is 10.3. The fourth-order valence-corrected chi connectivity index (χ4v) is 4.06. The first-order valence-corrected chi connectivity index (χ1v) is 8.60. The Morgan fingerprint density at radius 1 is 1.33 bits per heavy atom. The second kappa shape index (κ2) is 6.82. The molecule has 3 rings (SSSR count). The number of hydrogen-bond donors (Lipinski definition) is 1. The molecule has 0 fully saturated rings. The Kier molecular flexibility index (Phi) is 4.84. The van der Waals surface area contributed by atoms with Gasteiger partial charge in [-0.3, -0.25) is 0 Å². The Bertz CT molecular complexity index is 611. The van der Waals surface area contributed by atoms with E-state index in [1.807, 2.05) is 6.07 Å².